The summed E-state index contributed by atoms with van der Waals surface area (Å²) in [5.41, 5.74) is 0.440. The van der Waals surface area contributed by atoms with Gasteiger partial charge in [0.05, 0.1) is 0 Å². The van der Waals surface area contributed by atoms with Gasteiger partial charge in [0.2, 0.25) is 0 Å². The van der Waals surface area contributed by atoms with Crippen molar-refractivity contribution < 1.29 is 9.18 Å². The molecule has 1 amide bonds. The van der Waals surface area contributed by atoms with Crippen LogP contribution < -0.4 is 5.32 Å². The van der Waals surface area contributed by atoms with Crippen LogP contribution in [-0.2, 0) is 0 Å². The van der Waals surface area contributed by atoms with Crippen LogP contribution in [0.25, 0.3) is 0 Å². The monoisotopic (exact) mass is 180 g/mol. The van der Waals surface area contributed by atoms with Crippen LogP contribution in [0.15, 0.2) is 18.2 Å². The van der Waals surface area contributed by atoms with Crippen LogP contribution in [0.3, 0.4) is 0 Å². The summed E-state index contributed by atoms with van der Waals surface area (Å²) >= 11 is 0. The summed E-state index contributed by atoms with van der Waals surface area (Å²) in [4.78, 5) is 11.3. The van der Waals surface area contributed by atoms with E-state index in [4.69, 9.17) is 0 Å². The van der Waals surface area contributed by atoms with Crippen molar-refractivity contribution in [2.75, 3.05) is 6.54 Å². The second-order valence-electron chi connectivity index (χ2n) is 2.68. The molecule has 0 heterocycles. The fourth-order valence-corrected chi connectivity index (χ4v) is 0.888. The Hall–Kier alpha value is -1.38. The topological polar surface area (TPSA) is 29.1 Å². The molecule has 1 aromatic carbocycles. The quantitative estimate of drug-likeness (QED) is 0.754. The Morgan fingerprint density at radius 2 is 2.38 bits per heavy atom. The Morgan fingerprint density at radius 1 is 1.62 bits per heavy atom. The Balaban J connectivity index is 2.61. The molecule has 1 radical (unpaired) electrons. The van der Waals surface area contributed by atoms with Crippen molar-refractivity contribution in [3.05, 3.63) is 35.6 Å². The number of carbonyl (C=O) groups is 1. The van der Waals surface area contributed by atoms with Crippen LogP contribution in [-0.4, -0.2) is 12.5 Å². The van der Waals surface area contributed by atoms with Crippen LogP contribution in [0.2, 0.25) is 0 Å². The minimum absolute atomic E-state index is 0.182. The lowest BCUT2D eigenvalue weighted by atomic mass is 10.2. The van der Waals surface area contributed by atoms with Crippen molar-refractivity contribution in [3.63, 3.8) is 0 Å². The van der Waals surface area contributed by atoms with Gasteiger partial charge in [-0.3, -0.25) is 4.79 Å². The Morgan fingerprint density at radius 3 is 2.92 bits per heavy atom. The second kappa shape index (κ2) is 4.60. The molecule has 1 N–H and O–H groups in total. The highest BCUT2D eigenvalue weighted by atomic mass is 19.1. The normalized spacial score (nSPS) is 9.69. The van der Waals surface area contributed by atoms with Crippen molar-refractivity contribution in [2.24, 2.45) is 0 Å². The number of carbonyl (C=O) groups excluding carboxylic acids is 1. The summed E-state index contributed by atoms with van der Waals surface area (Å²) in [5, 5.41) is 2.69. The number of halogens is 1. The Bertz CT molecular complexity index is 281. The van der Waals surface area contributed by atoms with Gasteiger partial charge in [-0.1, -0.05) is 6.92 Å². The molecule has 13 heavy (non-hydrogen) atoms. The fourth-order valence-electron chi connectivity index (χ4n) is 0.888. The number of hydrogen-bond acceptors (Lipinski definition) is 1. The highest BCUT2D eigenvalue weighted by Gasteiger charge is 2.03. The molecule has 1 rings (SSSR count). The van der Waals surface area contributed by atoms with E-state index in [0.29, 0.717) is 12.1 Å². The smallest absolute Gasteiger partial charge is 0.251 e. The molecular formula is C10H11FNO. The van der Waals surface area contributed by atoms with Crippen LogP contribution in [0.5, 0.6) is 0 Å². The first kappa shape index (κ1) is 9.71. The molecule has 0 aliphatic carbocycles. The lowest BCUT2D eigenvalue weighted by Gasteiger charge is -2.02. The average molecular weight is 180 g/mol. The third-order valence-corrected chi connectivity index (χ3v) is 1.57. The first-order valence-corrected chi connectivity index (χ1v) is 4.19. The molecule has 0 atom stereocenters. The first-order valence-electron chi connectivity index (χ1n) is 4.19. The average Bonchev–Trinajstić information content (AvgIpc) is 2.15. The molecule has 0 saturated heterocycles. The van der Waals surface area contributed by atoms with Gasteiger partial charge in [-0.05, 0) is 24.6 Å². The summed E-state index contributed by atoms with van der Waals surface area (Å²) in [6.45, 7) is 2.60. The highest BCUT2D eigenvalue weighted by Crippen LogP contribution is 2.01. The third kappa shape index (κ3) is 2.86. The van der Waals surface area contributed by atoms with Crippen molar-refractivity contribution in [1.29, 1.82) is 0 Å². The van der Waals surface area contributed by atoms with E-state index in [-0.39, 0.29) is 5.91 Å². The highest BCUT2D eigenvalue weighted by molar-refractivity contribution is 5.94. The minimum atomic E-state index is -0.452. The van der Waals surface area contributed by atoms with Gasteiger partial charge in [0.1, 0.15) is 5.82 Å². The maximum atomic E-state index is 12.4. The van der Waals surface area contributed by atoms with Gasteiger partial charge in [0, 0.05) is 18.2 Å². The standard InChI is InChI=1S/C10H11FNO/c1-2-7-12-10(13)8-3-5-9(11)6-4-8/h3-5H,2,7H2,1H3,(H,12,13). The fraction of sp³-hybridized carbons (Fsp3) is 0.300. The predicted molar refractivity (Wildman–Crippen MR) is 47.9 cm³/mol. The maximum Gasteiger partial charge on any atom is 0.251 e. The lowest BCUT2D eigenvalue weighted by molar-refractivity contribution is 0.0953. The van der Waals surface area contributed by atoms with Gasteiger partial charge in [-0.25, -0.2) is 4.39 Å². The molecule has 0 bridgehead atoms. The summed E-state index contributed by atoms with van der Waals surface area (Å²) in [6.07, 6.45) is 0.886. The van der Waals surface area contributed by atoms with E-state index in [1.165, 1.54) is 18.2 Å². The number of benzene rings is 1. The van der Waals surface area contributed by atoms with E-state index >= 15 is 0 Å². The van der Waals surface area contributed by atoms with Crippen molar-refractivity contribution in [2.45, 2.75) is 13.3 Å². The Labute approximate surface area is 76.8 Å². The Kier molecular flexibility index (Phi) is 3.43. The van der Waals surface area contributed by atoms with Gasteiger partial charge in [0.15, 0.2) is 0 Å². The number of nitrogens with one attached hydrogen (secondary N) is 1. The molecule has 3 heteroatoms. The zero-order valence-electron chi connectivity index (χ0n) is 7.43. The summed E-state index contributed by atoms with van der Waals surface area (Å²) < 4.78 is 12.4. The molecule has 1 aromatic rings. The lowest BCUT2D eigenvalue weighted by Crippen LogP contribution is -2.23. The maximum absolute atomic E-state index is 12.4. The minimum Gasteiger partial charge on any atom is -0.352 e. The van der Waals surface area contributed by atoms with E-state index in [1.54, 1.807) is 0 Å². The van der Waals surface area contributed by atoms with Crippen molar-refractivity contribution >= 4 is 5.91 Å². The second-order valence-corrected chi connectivity index (χ2v) is 2.68. The zero-order chi connectivity index (χ0) is 9.68. The molecule has 2 nitrogen and oxygen atoms in total. The molecule has 0 fully saturated rings. The summed E-state index contributed by atoms with van der Waals surface area (Å²) in [6, 6.07) is 6.34. The third-order valence-electron chi connectivity index (χ3n) is 1.57. The molecular weight excluding hydrogens is 169 g/mol. The van der Waals surface area contributed by atoms with E-state index in [0.717, 1.165) is 6.42 Å². The molecule has 69 valence electrons. The number of amides is 1. The number of hydrogen-bond donors (Lipinski definition) is 1. The van der Waals surface area contributed by atoms with E-state index < -0.39 is 5.82 Å². The molecule has 0 spiro atoms. The van der Waals surface area contributed by atoms with Crippen LogP contribution in [0.4, 0.5) is 4.39 Å². The van der Waals surface area contributed by atoms with Gasteiger partial charge in [-0.2, -0.15) is 0 Å². The van der Waals surface area contributed by atoms with Gasteiger partial charge >= 0.3 is 0 Å². The van der Waals surface area contributed by atoms with E-state index in [9.17, 15) is 9.18 Å². The first-order chi connectivity index (χ1) is 6.24. The molecule has 0 unspecified atom stereocenters. The van der Waals surface area contributed by atoms with E-state index in [1.807, 2.05) is 6.92 Å². The zero-order valence-corrected chi connectivity index (χ0v) is 7.43. The molecule has 0 aromatic heterocycles. The van der Waals surface area contributed by atoms with Crippen LogP contribution in [0.1, 0.15) is 23.7 Å². The summed E-state index contributed by atoms with van der Waals surface area (Å²) in [7, 11) is 0. The van der Waals surface area contributed by atoms with Crippen molar-refractivity contribution in [3.8, 4) is 0 Å². The van der Waals surface area contributed by atoms with E-state index in [2.05, 4.69) is 11.4 Å². The van der Waals surface area contributed by atoms with Crippen molar-refractivity contribution in [1.82, 2.24) is 5.32 Å². The molecule has 0 aliphatic heterocycles. The van der Waals surface area contributed by atoms with Crippen LogP contribution >= 0.6 is 0 Å². The largest absolute Gasteiger partial charge is 0.352 e. The van der Waals surface area contributed by atoms with Gasteiger partial charge in [-0.15, -0.1) is 0 Å². The van der Waals surface area contributed by atoms with Crippen LogP contribution in [0, 0.1) is 11.9 Å². The van der Waals surface area contributed by atoms with Gasteiger partial charge in [0.25, 0.3) is 5.91 Å². The summed E-state index contributed by atoms with van der Waals surface area (Å²) in [5.74, 6) is -0.634. The number of rotatable bonds is 3. The predicted octanol–water partition coefficient (Wildman–Crippen LogP) is 1.77. The SMILES string of the molecule is CCCNC(=O)c1c[c]c(F)cc1. The van der Waals surface area contributed by atoms with Gasteiger partial charge < -0.3 is 5.32 Å². The molecule has 0 aliphatic rings. The molecule has 0 saturated carbocycles.